The van der Waals surface area contributed by atoms with Crippen molar-refractivity contribution in [2.45, 2.75) is 0 Å². The molecule has 0 aliphatic carbocycles. The van der Waals surface area contributed by atoms with Gasteiger partial charge in [-0.2, -0.15) is 26.3 Å². The van der Waals surface area contributed by atoms with E-state index in [1.54, 1.807) is 16.1 Å². The molecule has 2 aromatic heterocycles. The lowest BCUT2D eigenvalue weighted by molar-refractivity contribution is 0.657. The standard InChI is InChI=1S/C13H11N3S/c1-16-14-12(10-5-3-2-4-6-10)13(15-16)11-7-8-17-9-11/h2-9H,1H3. The monoisotopic (exact) mass is 241 g/mol. The van der Waals surface area contributed by atoms with E-state index in [-0.39, 0.29) is 0 Å². The van der Waals surface area contributed by atoms with E-state index in [4.69, 9.17) is 0 Å². The maximum absolute atomic E-state index is 4.45. The zero-order valence-corrected chi connectivity index (χ0v) is 10.2. The first-order valence-electron chi connectivity index (χ1n) is 5.34. The van der Waals surface area contributed by atoms with Crippen LogP contribution in [0, 0.1) is 0 Å². The van der Waals surface area contributed by atoms with Crippen LogP contribution in [0.1, 0.15) is 0 Å². The van der Waals surface area contributed by atoms with Gasteiger partial charge in [0.1, 0.15) is 11.4 Å². The molecule has 0 saturated heterocycles. The molecule has 0 unspecified atom stereocenters. The quantitative estimate of drug-likeness (QED) is 0.689. The maximum Gasteiger partial charge on any atom is 0.121 e. The van der Waals surface area contributed by atoms with Crippen molar-refractivity contribution in [3.8, 4) is 22.5 Å². The molecule has 0 aliphatic rings. The fourth-order valence-corrected chi connectivity index (χ4v) is 2.43. The van der Waals surface area contributed by atoms with Gasteiger partial charge < -0.3 is 0 Å². The molecule has 0 atom stereocenters. The van der Waals surface area contributed by atoms with Crippen LogP contribution in [-0.4, -0.2) is 15.0 Å². The van der Waals surface area contributed by atoms with Crippen LogP contribution in [0.25, 0.3) is 22.5 Å². The first kappa shape index (κ1) is 10.2. The van der Waals surface area contributed by atoms with Gasteiger partial charge in [0.2, 0.25) is 0 Å². The Kier molecular flexibility index (Phi) is 2.49. The fraction of sp³-hybridized carbons (Fsp3) is 0.0769. The molecule has 0 N–H and O–H groups in total. The first-order chi connectivity index (χ1) is 8.34. The van der Waals surface area contributed by atoms with Crippen molar-refractivity contribution in [2.75, 3.05) is 0 Å². The van der Waals surface area contributed by atoms with Gasteiger partial charge in [0, 0.05) is 23.6 Å². The molecular formula is C13H11N3S. The second-order valence-electron chi connectivity index (χ2n) is 3.76. The Morgan fingerprint density at radius 1 is 0.941 bits per heavy atom. The molecule has 0 amide bonds. The van der Waals surface area contributed by atoms with Crippen LogP contribution in [-0.2, 0) is 7.05 Å². The molecule has 0 saturated carbocycles. The highest BCUT2D eigenvalue weighted by molar-refractivity contribution is 7.08. The van der Waals surface area contributed by atoms with Crippen LogP contribution in [0.2, 0.25) is 0 Å². The average Bonchev–Trinajstić information content (AvgIpc) is 2.98. The third-order valence-electron chi connectivity index (χ3n) is 2.56. The molecule has 0 radical (unpaired) electrons. The Hall–Kier alpha value is -1.94. The van der Waals surface area contributed by atoms with Gasteiger partial charge in [-0.1, -0.05) is 30.3 Å². The Morgan fingerprint density at radius 2 is 1.65 bits per heavy atom. The van der Waals surface area contributed by atoms with Gasteiger partial charge >= 0.3 is 0 Å². The lowest BCUT2D eigenvalue weighted by atomic mass is 10.1. The van der Waals surface area contributed by atoms with Gasteiger partial charge in [-0.15, -0.1) is 0 Å². The summed E-state index contributed by atoms with van der Waals surface area (Å²) in [5.41, 5.74) is 4.11. The highest BCUT2D eigenvalue weighted by atomic mass is 32.1. The normalized spacial score (nSPS) is 10.6. The van der Waals surface area contributed by atoms with Crippen LogP contribution >= 0.6 is 11.3 Å². The minimum absolute atomic E-state index is 0.937. The second kappa shape index (κ2) is 4.14. The van der Waals surface area contributed by atoms with E-state index in [9.17, 15) is 0 Å². The van der Waals surface area contributed by atoms with Gasteiger partial charge in [0.25, 0.3) is 0 Å². The molecule has 0 aliphatic heterocycles. The highest BCUT2D eigenvalue weighted by Crippen LogP contribution is 2.29. The maximum atomic E-state index is 4.45. The Morgan fingerprint density at radius 3 is 2.29 bits per heavy atom. The summed E-state index contributed by atoms with van der Waals surface area (Å²) >= 11 is 1.67. The predicted molar refractivity (Wildman–Crippen MR) is 69.8 cm³/mol. The summed E-state index contributed by atoms with van der Waals surface area (Å²) in [6.07, 6.45) is 0. The van der Waals surface area contributed by atoms with Gasteiger partial charge in [-0.3, -0.25) is 0 Å². The van der Waals surface area contributed by atoms with E-state index < -0.39 is 0 Å². The SMILES string of the molecule is Cn1nc(-c2ccccc2)c(-c2ccsc2)n1. The van der Waals surface area contributed by atoms with Crippen LogP contribution in [0.3, 0.4) is 0 Å². The van der Waals surface area contributed by atoms with Gasteiger partial charge in [0.15, 0.2) is 0 Å². The summed E-state index contributed by atoms with van der Waals surface area (Å²) in [6.45, 7) is 0. The van der Waals surface area contributed by atoms with Gasteiger partial charge in [-0.25, -0.2) is 0 Å². The number of rotatable bonds is 2. The summed E-state index contributed by atoms with van der Waals surface area (Å²) < 4.78 is 0. The molecule has 0 fully saturated rings. The largest absolute Gasteiger partial charge is 0.187 e. The third kappa shape index (κ3) is 1.87. The van der Waals surface area contributed by atoms with Crippen molar-refractivity contribution in [3.05, 3.63) is 47.2 Å². The molecule has 2 heterocycles. The van der Waals surface area contributed by atoms with E-state index in [0.29, 0.717) is 0 Å². The number of benzene rings is 1. The molecule has 3 rings (SSSR count). The van der Waals surface area contributed by atoms with Crippen molar-refractivity contribution in [2.24, 2.45) is 7.05 Å². The lowest BCUT2D eigenvalue weighted by Gasteiger charge is -1.97. The van der Waals surface area contributed by atoms with E-state index >= 15 is 0 Å². The van der Waals surface area contributed by atoms with Gasteiger partial charge in [0.05, 0.1) is 0 Å². The van der Waals surface area contributed by atoms with Crippen LogP contribution in [0.5, 0.6) is 0 Å². The molecule has 3 aromatic rings. The summed E-state index contributed by atoms with van der Waals surface area (Å²) in [6, 6.07) is 12.2. The van der Waals surface area contributed by atoms with Crippen LogP contribution in [0.15, 0.2) is 47.2 Å². The highest BCUT2D eigenvalue weighted by Gasteiger charge is 2.13. The zero-order valence-electron chi connectivity index (χ0n) is 9.37. The minimum Gasteiger partial charge on any atom is -0.187 e. The molecule has 84 valence electrons. The molecule has 3 nitrogen and oxygen atoms in total. The second-order valence-corrected chi connectivity index (χ2v) is 4.54. The Balaban J connectivity index is 2.18. The van der Waals surface area contributed by atoms with Crippen LogP contribution < -0.4 is 0 Å². The molecular weight excluding hydrogens is 230 g/mol. The molecule has 0 bridgehead atoms. The smallest absolute Gasteiger partial charge is 0.121 e. The Labute approximate surface area is 103 Å². The number of thiophene rings is 1. The van der Waals surface area contributed by atoms with E-state index in [2.05, 4.69) is 39.2 Å². The van der Waals surface area contributed by atoms with Crippen molar-refractivity contribution in [1.82, 2.24) is 15.0 Å². The number of hydrogen-bond donors (Lipinski definition) is 0. The summed E-state index contributed by atoms with van der Waals surface area (Å²) in [5.74, 6) is 0. The minimum atomic E-state index is 0.937. The van der Waals surface area contributed by atoms with Crippen molar-refractivity contribution < 1.29 is 0 Å². The summed E-state index contributed by atoms with van der Waals surface area (Å²) in [5, 5.41) is 13.0. The van der Waals surface area contributed by atoms with E-state index in [1.807, 2.05) is 25.2 Å². The van der Waals surface area contributed by atoms with Crippen molar-refractivity contribution in [1.29, 1.82) is 0 Å². The Bertz CT molecular complexity index is 611. The summed E-state index contributed by atoms with van der Waals surface area (Å²) in [4.78, 5) is 1.62. The van der Waals surface area contributed by atoms with Crippen molar-refractivity contribution in [3.63, 3.8) is 0 Å². The number of aromatic nitrogens is 3. The zero-order chi connectivity index (χ0) is 11.7. The molecule has 17 heavy (non-hydrogen) atoms. The topological polar surface area (TPSA) is 30.7 Å². The fourth-order valence-electron chi connectivity index (χ4n) is 1.79. The van der Waals surface area contributed by atoms with Gasteiger partial charge in [-0.05, 0) is 11.4 Å². The predicted octanol–water partition coefficient (Wildman–Crippen LogP) is 3.21. The third-order valence-corrected chi connectivity index (χ3v) is 3.24. The number of aryl methyl sites for hydroxylation is 1. The first-order valence-corrected chi connectivity index (χ1v) is 6.28. The molecule has 1 aromatic carbocycles. The van der Waals surface area contributed by atoms with E-state index in [0.717, 1.165) is 22.5 Å². The van der Waals surface area contributed by atoms with Crippen molar-refractivity contribution >= 4 is 11.3 Å². The molecule has 0 spiro atoms. The lowest BCUT2D eigenvalue weighted by Crippen LogP contribution is -1.91. The average molecular weight is 241 g/mol. The van der Waals surface area contributed by atoms with Crippen LogP contribution in [0.4, 0.5) is 0 Å². The number of hydrogen-bond acceptors (Lipinski definition) is 3. The summed E-state index contributed by atoms with van der Waals surface area (Å²) in [7, 11) is 1.85. The molecule has 4 heteroatoms. The number of nitrogens with zero attached hydrogens (tertiary/aromatic N) is 3. The van der Waals surface area contributed by atoms with E-state index in [1.165, 1.54) is 0 Å².